The number of hydrogen-bond acceptors (Lipinski definition) is 2. The van der Waals surface area contributed by atoms with Gasteiger partial charge in [-0.2, -0.15) is 0 Å². The highest BCUT2D eigenvalue weighted by atomic mass is 16.3. The molecule has 0 saturated carbocycles. The summed E-state index contributed by atoms with van der Waals surface area (Å²) in [5, 5.41) is 9.79. The summed E-state index contributed by atoms with van der Waals surface area (Å²) in [4.78, 5) is 10.8. The minimum atomic E-state index is -0.720. The van der Waals surface area contributed by atoms with E-state index in [4.69, 9.17) is 5.73 Å². The lowest BCUT2D eigenvalue weighted by Gasteiger charge is -2.20. The summed E-state index contributed by atoms with van der Waals surface area (Å²) in [7, 11) is 0. The summed E-state index contributed by atoms with van der Waals surface area (Å²) in [6, 6.07) is 7.13. The van der Waals surface area contributed by atoms with E-state index in [0.29, 0.717) is 18.4 Å². The van der Waals surface area contributed by atoms with Gasteiger partial charge in [-0.15, -0.1) is 0 Å². The van der Waals surface area contributed by atoms with E-state index >= 15 is 0 Å². The van der Waals surface area contributed by atoms with Crippen molar-refractivity contribution < 1.29 is 9.90 Å². The number of nitrogens with two attached hydrogens (primary N) is 1. The molecule has 0 saturated heterocycles. The maximum absolute atomic E-state index is 10.8. The van der Waals surface area contributed by atoms with Crippen molar-refractivity contribution in [3.8, 4) is 0 Å². The zero-order valence-electron chi connectivity index (χ0n) is 9.57. The third-order valence-corrected chi connectivity index (χ3v) is 2.73. The molecule has 0 heterocycles. The molecular weight excluding hydrogens is 202 g/mol. The first-order chi connectivity index (χ1) is 7.44. The molecule has 1 aromatic rings. The fourth-order valence-electron chi connectivity index (χ4n) is 1.37. The molecule has 0 aromatic heterocycles. The minimum absolute atomic E-state index is 0.420. The summed E-state index contributed by atoms with van der Waals surface area (Å²) in [6.07, 6.45) is 1.92. The van der Waals surface area contributed by atoms with Gasteiger partial charge < -0.3 is 10.8 Å². The normalized spacial score (nSPS) is 14.4. The van der Waals surface area contributed by atoms with Crippen molar-refractivity contribution in [2.75, 3.05) is 0 Å². The lowest BCUT2D eigenvalue weighted by atomic mass is 9.94. The van der Waals surface area contributed by atoms with E-state index in [1.54, 1.807) is 19.1 Å². The van der Waals surface area contributed by atoms with Crippen LogP contribution < -0.4 is 5.73 Å². The van der Waals surface area contributed by atoms with E-state index in [2.05, 4.69) is 6.92 Å². The Hall–Kier alpha value is -1.35. The molecule has 1 rings (SSSR count). The van der Waals surface area contributed by atoms with Gasteiger partial charge in [0, 0.05) is 5.56 Å². The van der Waals surface area contributed by atoms with Gasteiger partial charge in [0.05, 0.1) is 5.60 Å². The predicted molar refractivity (Wildman–Crippen MR) is 63.9 cm³/mol. The van der Waals surface area contributed by atoms with Gasteiger partial charge >= 0.3 is 0 Å². The highest BCUT2D eigenvalue weighted by molar-refractivity contribution is 5.92. The van der Waals surface area contributed by atoms with Gasteiger partial charge in [-0.05, 0) is 43.9 Å². The average Bonchev–Trinajstić information content (AvgIpc) is 2.27. The molecule has 0 aliphatic heterocycles. The summed E-state index contributed by atoms with van der Waals surface area (Å²) in [5.41, 5.74) is 6.01. The maximum atomic E-state index is 10.8. The number of primary amides is 1. The van der Waals surface area contributed by atoms with E-state index in [9.17, 15) is 9.90 Å². The minimum Gasteiger partial charge on any atom is -0.390 e. The number of amides is 1. The molecule has 1 amide bonds. The summed E-state index contributed by atoms with van der Waals surface area (Å²) >= 11 is 0. The Bertz CT molecular complexity index is 355. The number of rotatable bonds is 5. The summed E-state index contributed by atoms with van der Waals surface area (Å²) in [6.45, 7) is 5.47. The molecular formula is C13H18NO2. The molecule has 0 aliphatic rings. The molecule has 0 spiro atoms. The monoisotopic (exact) mass is 220 g/mol. The van der Waals surface area contributed by atoms with E-state index in [-0.39, 0.29) is 0 Å². The molecule has 0 aliphatic carbocycles. The molecule has 1 atom stereocenters. The zero-order valence-corrected chi connectivity index (χ0v) is 9.57. The van der Waals surface area contributed by atoms with E-state index in [1.807, 2.05) is 12.1 Å². The van der Waals surface area contributed by atoms with Gasteiger partial charge in [0.25, 0.3) is 0 Å². The van der Waals surface area contributed by atoms with E-state index in [1.165, 1.54) is 0 Å². The first-order valence-corrected chi connectivity index (χ1v) is 5.35. The summed E-state index contributed by atoms with van der Waals surface area (Å²) < 4.78 is 0. The first kappa shape index (κ1) is 12.7. The van der Waals surface area contributed by atoms with Crippen molar-refractivity contribution in [1.82, 2.24) is 0 Å². The lowest BCUT2D eigenvalue weighted by Crippen LogP contribution is -2.23. The predicted octanol–water partition coefficient (Wildman–Crippen LogP) is 1.69. The van der Waals surface area contributed by atoms with Crippen molar-refractivity contribution in [3.63, 3.8) is 0 Å². The molecule has 3 heteroatoms. The van der Waals surface area contributed by atoms with Crippen molar-refractivity contribution >= 4 is 5.91 Å². The number of aryl methyl sites for hydroxylation is 1. The van der Waals surface area contributed by atoms with Crippen LogP contribution in [0.15, 0.2) is 24.3 Å². The highest BCUT2D eigenvalue weighted by Crippen LogP contribution is 2.17. The van der Waals surface area contributed by atoms with Gasteiger partial charge in [0.1, 0.15) is 0 Å². The van der Waals surface area contributed by atoms with Gasteiger partial charge in [-0.3, -0.25) is 4.79 Å². The Kier molecular flexibility index (Phi) is 4.07. The van der Waals surface area contributed by atoms with Gasteiger partial charge in [0.2, 0.25) is 5.91 Å². The molecule has 3 nitrogen and oxygen atoms in total. The van der Waals surface area contributed by atoms with Crippen LogP contribution in [-0.2, 0) is 6.42 Å². The van der Waals surface area contributed by atoms with Crippen LogP contribution in [-0.4, -0.2) is 16.6 Å². The van der Waals surface area contributed by atoms with Crippen molar-refractivity contribution in [2.24, 2.45) is 5.73 Å². The fraction of sp³-hybridized carbons (Fsp3) is 0.385. The van der Waals surface area contributed by atoms with E-state index in [0.717, 1.165) is 12.0 Å². The second kappa shape index (κ2) is 5.12. The van der Waals surface area contributed by atoms with Crippen LogP contribution in [0.1, 0.15) is 35.7 Å². The van der Waals surface area contributed by atoms with Crippen molar-refractivity contribution in [1.29, 1.82) is 0 Å². The molecule has 1 aromatic carbocycles. The standard InChI is InChI=1S/C13H18NO2/c1-3-13(2,16)9-8-10-4-6-11(7-5-10)12(14)15/h4-7,16H,1,3,8-9H2,2H3,(H2,14,15). The van der Waals surface area contributed by atoms with Gasteiger partial charge in [-0.25, -0.2) is 0 Å². The van der Waals surface area contributed by atoms with Crippen LogP contribution >= 0.6 is 0 Å². The molecule has 0 fully saturated rings. The van der Waals surface area contributed by atoms with Crippen LogP contribution in [0.5, 0.6) is 0 Å². The number of carbonyl (C=O) groups is 1. The van der Waals surface area contributed by atoms with Gasteiger partial charge in [-0.1, -0.05) is 19.1 Å². The number of hydrogen-bond donors (Lipinski definition) is 2. The maximum Gasteiger partial charge on any atom is 0.248 e. The Labute approximate surface area is 96.3 Å². The quantitative estimate of drug-likeness (QED) is 0.793. The lowest BCUT2D eigenvalue weighted by molar-refractivity contribution is 0.0536. The highest BCUT2D eigenvalue weighted by Gasteiger charge is 2.16. The molecule has 16 heavy (non-hydrogen) atoms. The number of carbonyl (C=O) groups excluding carboxylic acids is 1. The Morgan fingerprint density at radius 1 is 1.44 bits per heavy atom. The Morgan fingerprint density at radius 3 is 2.44 bits per heavy atom. The molecule has 3 N–H and O–H groups in total. The van der Waals surface area contributed by atoms with Crippen LogP contribution in [0.3, 0.4) is 0 Å². The largest absolute Gasteiger partial charge is 0.390 e. The average molecular weight is 220 g/mol. The second-order valence-corrected chi connectivity index (χ2v) is 4.31. The second-order valence-electron chi connectivity index (χ2n) is 4.31. The van der Waals surface area contributed by atoms with Crippen LogP contribution in [0.25, 0.3) is 0 Å². The van der Waals surface area contributed by atoms with Crippen molar-refractivity contribution in [3.05, 3.63) is 42.3 Å². The number of aliphatic hydroxyl groups is 1. The third kappa shape index (κ3) is 3.66. The van der Waals surface area contributed by atoms with Crippen LogP contribution in [0, 0.1) is 6.92 Å². The van der Waals surface area contributed by atoms with Crippen molar-refractivity contribution in [2.45, 2.75) is 31.8 Å². The Balaban J connectivity index is 2.59. The van der Waals surface area contributed by atoms with Crippen LogP contribution in [0.4, 0.5) is 0 Å². The smallest absolute Gasteiger partial charge is 0.248 e. The molecule has 1 radical (unpaired) electrons. The van der Waals surface area contributed by atoms with Gasteiger partial charge in [0.15, 0.2) is 0 Å². The molecule has 0 bridgehead atoms. The fourth-order valence-corrected chi connectivity index (χ4v) is 1.37. The third-order valence-electron chi connectivity index (χ3n) is 2.73. The zero-order chi connectivity index (χ0) is 12.2. The number of benzene rings is 1. The SMILES string of the molecule is [CH2]CC(C)(O)CCc1ccc(C(N)=O)cc1. The topological polar surface area (TPSA) is 63.3 Å². The molecule has 1 unspecified atom stereocenters. The van der Waals surface area contributed by atoms with E-state index < -0.39 is 11.5 Å². The van der Waals surface area contributed by atoms with Crippen LogP contribution in [0.2, 0.25) is 0 Å². The first-order valence-electron chi connectivity index (χ1n) is 5.35. The summed E-state index contributed by atoms with van der Waals surface area (Å²) in [5.74, 6) is -0.420. The molecule has 87 valence electrons. The Morgan fingerprint density at radius 2 is 2.00 bits per heavy atom.